The van der Waals surface area contributed by atoms with Crippen molar-refractivity contribution < 1.29 is 9.29 Å². The SMILES string of the molecule is CCc1ccc(NC(=S)NC[C@H](c2c(F)cccc2Cl)[NH+](C)C)cc1. The van der Waals surface area contributed by atoms with Crippen molar-refractivity contribution in [1.82, 2.24) is 5.32 Å². The van der Waals surface area contributed by atoms with E-state index in [4.69, 9.17) is 23.8 Å². The number of thiocarbonyl (C=S) groups is 1. The molecular formula is C19H24ClFN3S+. The lowest BCUT2D eigenvalue weighted by molar-refractivity contribution is -0.890. The number of benzene rings is 2. The van der Waals surface area contributed by atoms with Gasteiger partial charge in [-0.1, -0.05) is 36.7 Å². The standard InChI is InChI=1S/C19H23ClFN3S/c1-4-13-8-10-14(11-9-13)23-19(25)22-12-17(24(2)3)18-15(20)6-5-7-16(18)21/h5-11,17H,4,12H2,1-3H3,(H2,22,23,25)/p+1/t17-/m1/s1. The smallest absolute Gasteiger partial charge is 0.171 e. The highest BCUT2D eigenvalue weighted by molar-refractivity contribution is 7.80. The molecule has 6 heteroatoms. The van der Waals surface area contributed by atoms with Gasteiger partial charge in [0, 0.05) is 5.69 Å². The summed E-state index contributed by atoms with van der Waals surface area (Å²) in [5, 5.41) is 7.26. The molecule has 25 heavy (non-hydrogen) atoms. The summed E-state index contributed by atoms with van der Waals surface area (Å²) in [6.07, 6.45) is 1.000. The first-order valence-electron chi connectivity index (χ1n) is 8.30. The highest BCUT2D eigenvalue weighted by atomic mass is 35.5. The number of rotatable bonds is 6. The van der Waals surface area contributed by atoms with Crippen molar-refractivity contribution in [2.24, 2.45) is 0 Å². The summed E-state index contributed by atoms with van der Waals surface area (Å²) >= 11 is 11.6. The average Bonchev–Trinajstić information content (AvgIpc) is 2.57. The molecule has 2 aromatic rings. The van der Waals surface area contributed by atoms with E-state index < -0.39 is 0 Å². The molecule has 0 saturated carbocycles. The maximum Gasteiger partial charge on any atom is 0.171 e. The zero-order valence-corrected chi connectivity index (χ0v) is 16.3. The van der Waals surface area contributed by atoms with Crippen LogP contribution in [-0.4, -0.2) is 25.8 Å². The summed E-state index contributed by atoms with van der Waals surface area (Å²) in [6, 6.07) is 12.7. The second-order valence-corrected chi connectivity index (χ2v) is 6.97. The van der Waals surface area contributed by atoms with Gasteiger partial charge in [0.1, 0.15) is 11.9 Å². The Morgan fingerprint density at radius 2 is 1.88 bits per heavy atom. The minimum absolute atomic E-state index is 0.157. The molecule has 0 aliphatic rings. The molecule has 0 aliphatic carbocycles. The molecule has 0 heterocycles. The van der Waals surface area contributed by atoms with E-state index in [9.17, 15) is 4.39 Å². The largest absolute Gasteiger partial charge is 0.356 e. The third-order valence-electron chi connectivity index (χ3n) is 4.13. The molecule has 134 valence electrons. The first-order valence-corrected chi connectivity index (χ1v) is 9.08. The summed E-state index contributed by atoms with van der Waals surface area (Å²) in [4.78, 5) is 1.06. The minimum Gasteiger partial charge on any atom is -0.356 e. The van der Waals surface area contributed by atoms with Crippen LogP contribution in [0.2, 0.25) is 5.02 Å². The molecule has 0 radical (unpaired) electrons. The van der Waals surface area contributed by atoms with Crippen molar-refractivity contribution in [2.45, 2.75) is 19.4 Å². The maximum absolute atomic E-state index is 14.2. The second-order valence-electron chi connectivity index (χ2n) is 6.15. The highest BCUT2D eigenvalue weighted by Gasteiger charge is 2.24. The summed E-state index contributed by atoms with van der Waals surface area (Å²) < 4.78 is 14.2. The van der Waals surface area contributed by atoms with Crippen LogP contribution in [0.4, 0.5) is 10.1 Å². The van der Waals surface area contributed by atoms with E-state index in [-0.39, 0.29) is 11.9 Å². The number of anilines is 1. The van der Waals surface area contributed by atoms with Crippen molar-refractivity contribution in [3.05, 3.63) is 64.4 Å². The fourth-order valence-electron chi connectivity index (χ4n) is 2.63. The van der Waals surface area contributed by atoms with Crippen LogP contribution in [0, 0.1) is 5.82 Å². The molecule has 3 nitrogen and oxygen atoms in total. The number of aryl methyl sites for hydroxylation is 1. The number of hydrogen-bond donors (Lipinski definition) is 3. The molecule has 0 aromatic heterocycles. The molecule has 0 amide bonds. The van der Waals surface area contributed by atoms with E-state index in [1.165, 1.54) is 11.6 Å². The van der Waals surface area contributed by atoms with Crippen LogP contribution in [0.25, 0.3) is 0 Å². The monoisotopic (exact) mass is 380 g/mol. The van der Waals surface area contributed by atoms with Crippen molar-refractivity contribution in [2.75, 3.05) is 26.0 Å². The van der Waals surface area contributed by atoms with Gasteiger partial charge in [0.2, 0.25) is 0 Å². The van der Waals surface area contributed by atoms with E-state index in [1.807, 2.05) is 26.2 Å². The van der Waals surface area contributed by atoms with Gasteiger partial charge in [-0.3, -0.25) is 0 Å². The molecule has 0 fully saturated rings. The van der Waals surface area contributed by atoms with Crippen molar-refractivity contribution in [3.63, 3.8) is 0 Å². The Bertz CT molecular complexity index is 699. The van der Waals surface area contributed by atoms with Gasteiger partial charge in [-0.05, 0) is 48.5 Å². The first kappa shape index (κ1) is 19.6. The molecule has 0 unspecified atom stereocenters. The topological polar surface area (TPSA) is 28.5 Å². The van der Waals surface area contributed by atoms with E-state index >= 15 is 0 Å². The number of quaternary nitrogens is 1. The van der Waals surface area contributed by atoms with Gasteiger partial charge >= 0.3 is 0 Å². The molecule has 1 atom stereocenters. The zero-order valence-electron chi connectivity index (χ0n) is 14.7. The number of hydrogen-bond acceptors (Lipinski definition) is 1. The fourth-order valence-corrected chi connectivity index (χ4v) is 3.13. The Balaban J connectivity index is 2.02. The molecule has 0 spiro atoms. The summed E-state index contributed by atoms with van der Waals surface area (Å²) in [5.41, 5.74) is 2.70. The lowest BCUT2D eigenvalue weighted by Gasteiger charge is -2.24. The summed E-state index contributed by atoms with van der Waals surface area (Å²) in [5.74, 6) is -0.297. The highest BCUT2D eigenvalue weighted by Crippen LogP contribution is 2.23. The van der Waals surface area contributed by atoms with Crippen LogP contribution in [-0.2, 0) is 6.42 Å². The Hall–Kier alpha value is -1.69. The average molecular weight is 381 g/mol. The molecular weight excluding hydrogens is 357 g/mol. The Morgan fingerprint density at radius 3 is 2.44 bits per heavy atom. The van der Waals surface area contributed by atoms with Crippen LogP contribution in [0.15, 0.2) is 42.5 Å². The normalized spacial score (nSPS) is 12.1. The van der Waals surface area contributed by atoms with E-state index in [0.717, 1.165) is 17.0 Å². The number of likely N-dealkylation sites (N-methyl/N-ethyl adjacent to an activating group) is 1. The number of nitrogens with one attached hydrogen (secondary N) is 3. The van der Waals surface area contributed by atoms with Crippen LogP contribution < -0.4 is 15.5 Å². The van der Waals surface area contributed by atoms with Gasteiger partial charge in [0.05, 0.1) is 31.2 Å². The van der Waals surface area contributed by atoms with Gasteiger partial charge in [-0.15, -0.1) is 0 Å². The van der Waals surface area contributed by atoms with Crippen LogP contribution in [0.3, 0.4) is 0 Å². The second kappa shape index (κ2) is 9.13. The quantitative estimate of drug-likeness (QED) is 0.672. The summed E-state index contributed by atoms with van der Waals surface area (Å²) in [6.45, 7) is 2.59. The van der Waals surface area contributed by atoms with Gasteiger partial charge in [0.25, 0.3) is 0 Å². The molecule has 0 bridgehead atoms. The van der Waals surface area contributed by atoms with E-state index in [0.29, 0.717) is 22.2 Å². The fraction of sp³-hybridized carbons (Fsp3) is 0.316. The van der Waals surface area contributed by atoms with Crippen molar-refractivity contribution >= 4 is 34.6 Å². The lowest BCUT2D eigenvalue weighted by Crippen LogP contribution is -3.07. The Kier molecular flexibility index (Phi) is 7.17. The van der Waals surface area contributed by atoms with Gasteiger partial charge in [0.15, 0.2) is 5.11 Å². The zero-order chi connectivity index (χ0) is 18.4. The minimum atomic E-state index is -0.297. The predicted molar refractivity (Wildman–Crippen MR) is 107 cm³/mol. The Labute approximate surface area is 159 Å². The molecule has 2 aromatic carbocycles. The van der Waals surface area contributed by atoms with Crippen LogP contribution >= 0.6 is 23.8 Å². The van der Waals surface area contributed by atoms with Crippen molar-refractivity contribution in [3.8, 4) is 0 Å². The van der Waals surface area contributed by atoms with Crippen LogP contribution in [0.5, 0.6) is 0 Å². The van der Waals surface area contributed by atoms with E-state index in [1.54, 1.807) is 12.1 Å². The van der Waals surface area contributed by atoms with E-state index in [2.05, 4.69) is 29.7 Å². The third-order valence-corrected chi connectivity index (χ3v) is 4.71. The number of halogens is 2. The third kappa shape index (κ3) is 5.39. The van der Waals surface area contributed by atoms with Crippen molar-refractivity contribution in [1.29, 1.82) is 0 Å². The van der Waals surface area contributed by atoms with Gasteiger partial charge in [-0.25, -0.2) is 4.39 Å². The predicted octanol–water partition coefficient (Wildman–Crippen LogP) is 3.21. The molecule has 2 rings (SSSR count). The molecule has 0 saturated heterocycles. The van der Waals surface area contributed by atoms with Crippen LogP contribution in [0.1, 0.15) is 24.1 Å². The summed E-state index contributed by atoms with van der Waals surface area (Å²) in [7, 11) is 3.93. The maximum atomic E-state index is 14.2. The van der Waals surface area contributed by atoms with Gasteiger partial charge in [-0.2, -0.15) is 0 Å². The van der Waals surface area contributed by atoms with Gasteiger partial charge < -0.3 is 15.5 Å². The molecule has 0 aliphatic heterocycles. The lowest BCUT2D eigenvalue weighted by atomic mass is 10.1. The first-order chi connectivity index (χ1) is 11.9. The Morgan fingerprint density at radius 1 is 1.20 bits per heavy atom. The molecule has 3 N–H and O–H groups in total.